The highest BCUT2D eigenvalue weighted by atomic mass is 16.5. The molecular weight excluding hydrogens is 324 g/mol. The third-order valence-electron chi connectivity index (χ3n) is 5.99. The summed E-state index contributed by atoms with van der Waals surface area (Å²) < 4.78 is 5.50. The first-order valence-electron chi connectivity index (χ1n) is 10.2. The number of hydrogen-bond donors (Lipinski definition) is 1. The molecule has 0 amide bonds. The van der Waals surface area contributed by atoms with Crippen LogP contribution in [-0.2, 0) is 4.74 Å². The normalized spacial score (nSPS) is 29.8. The van der Waals surface area contributed by atoms with Crippen molar-refractivity contribution < 1.29 is 4.74 Å². The molecule has 26 heavy (non-hydrogen) atoms. The summed E-state index contributed by atoms with van der Waals surface area (Å²) in [6, 6.07) is 11.6. The first kappa shape index (κ1) is 17.8. The molecule has 142 valence electrons. The van der Waals surface area contributed by atoms with E-state index in [2.05, 4.69) is 52.4 Å². The molecule has 2 saturated heterocycles. The summed E-state index contributed by atoms with van der Waals surface area (Å²) in [5.41, 5.74) is 1.48. The minimum absolute atomic E-state index is 0.653. The Kier molecular flexibility index (Phi) is 5.75. The van der Waals surface area contributed by atoms with Crippen molar-refractivity contribution in [2.45, 2.75) is 31.7 Å². The first-order valence-corrected chi connectivity index (χ1v) is 10.2. The van der Waals surface area contributed by atoms with Gasteiger partial charge in [0.25, 0.3) is 0 Å². The van der Waals surface area contributed by atoms with Crippen LogP contribution in [0.1, 0.15) is 31.2 Å². The van der Waals surface area contributed by atoms with Crippen molar-refractivity contribution in [1.82, 2.24) is 15.1 Å². The zero-order valence-corrected chi connectivity index (χ0v) is 15.9. The molecule has 0 spiro atoms. The van der Waals surface area contributed by atoms with Crippen molar-refractivity contribution in [3.63, 3.8) is 0 Å². The van der Waals surface area contributed by atoms with Crippen molar-refractivity contribution in [2.24, 2.45) is 10.9 Å². The molecule has 3 atom stereocenters. The number of ether oxygens (including phenoxy) is 1. The monoisotopic (exact) mass is 356 g/mol. The highest BCUT2D eigenvalue weighted by molar-refractivity contribution is 5.80. The topological polar surface area (TPSA) is 40.1 Å². The predicted molar refractivity (Wildman–Crippen MR) is 106 cm³/mol. The number of aliphatic imine (C=N–C) groups is 1. The van der Waals surface area contributed by atoms with Gasteiger partial charge in [0.05, 0.1) is 13.2 Å². The fourth-order valence-electron chi connectivity index (χ4n) is 4.36. The van der Waals surface area contributed by atoms with Crippen molar-refractivity contribution in [1.29, 1.82) is 0 Å². The number of benzene rings is 1. The lowest BCUT2D eigenvalue weighted by molar-refractivity contribution is 0.0195. The summed E-state index contributed by atoms with van der Waals surface area (Å²) in [6.07, 6.45) is 2.52. The Labute approximate surface area is 157 Å². The molecule has 3 aliphatic rings. The van der Waals surface area contributed by atoms with Gasteiger partial charge in [-0.15, -0.1) is 0 Å². The van der Waals surface area contributed by atoms with Gasteiger partial charge in [-0.2, -0.15) is 0 Å². The third-order valence-corrected chi connectivity index (χ3v) is 5.99. The lowest BCUT2D eigenvalue weighted by Gasteiger charge is -2.32. The van der Waals surface area contributed by atoms with Crippen molar-refractivity contribution in [2.75, 3.05) is 52.5 Å². The van der Waals surface area contributed by atoms with Gasteiger partial charge >= 0.3 is 0 Å². The van der Waals surface area contributed by atoms with E-state index in [1.54, 1.807) is 0 Å². The van der Waals surface area contributed by atoms with Gasteiger partial charge in [0.15, 0.2) is 5.96 Å². The molecule has 1 saturated carbocycles. The number of morpholine rings is 1. The zero-order chi connectivity index (χ0) is 17.8. The number of rotatable bonds is 5. The van der Waals surface area contributed by atoms with Crippen LogP contribution in [0.5, 0.6) is 0 Å². The number of hydrogen-bond acceptors (Lipinski definition) is 3. The molecule has 5 heteroatoms. The number of guanidine groups is 1. The van der Waals surface area contributed by atoms with Crippen LogP contribution in [0.3, 0.4) is 0 Å². The highest BCUT2D eigenvalue weighted by Crippen LogP contribution is 2.47. The summed E-state index contributed by atoms with van der Waals surface area (Å²) in [7, 11) is 0. The molecule has 1 aromatic carbocycles. The van der Waals surface area contributed by atoms with E-state index in [-0.39, 0.29) is 0 Å². The molecule has 1 aliphatic carbocycles. The summed E-state index contributed by atoms with van der Waals surface area (Å²) in [4.78, 5) is 10.1. The number of nitrogens with zero attached hydrogens (tertiary/aromatic N) is 3. The molecular formula is C21H32N4O. The smallest absolute Gasteiger partial charge is 0.193 e. The Morgan fingerprint density at radius 2 is 2.00 bits per heavy atom. The highest BCUT2D eigenvalue weighted by Gasteiger charge is 2.38. The Morgan fingerprint density at radius 3 is 2.77 bits per heavy atom. The van der Waals surface area contributed by atoms with Crippen LogP contribution >= 0.6 is 0 Å². The van der Waals surface area contributed by atoms with E-state index in [9.17, 15) is 0 Å². The Hall–Kier alpha value is -1.59. The second-order valence-corrected chi connectivity index (χ2v) is 7.74. The molecule has 0 radical (unpaired) electrons. The van der Waals surface area contributed by atoms with Crippen LogP contribution in [-0.4, -0.2) is 74.3 Å². The van der Waals surface area contributed by atoms with Crippen LogP contribution < -0.4 is 5.32 Å². The maximum Gasteiger partial charge on any atom is 0.193 e. The standard InChI is InChI=1S/C21H32N4O/c1-2-22-21(23-15-18-14-20(18)17-6-4-3-5-7-17)25-9-8-19(16-25)24-10-12-26-13-11-24/h3-7,18-20H,2,8-16H2,1H3,(H,22,23). The summed E-state index contributed by atoms with van der Waals surface area (Å²) >= 11 is 0. The van der Waals surface area contributed by atoms with E-state index in [1.165, 1.54) is 18.4 Å². The average molecular weight is 357 g/mol. The lowest BCUT2D eigenvalue weighted by atomic mass is 10.1. The van der Waals surface area contributed by atoms with E-state index >= 15 is 0 Å². The summed E-state index contributed by atoms with van der Waals surface area (Å²) in [5.74, 6) is 2.54. The van der Waals surface area contributed by atoms with Crippen molar-refractivity contribution in [3.05, 3.63) is 35.9 Å². The third kappa shape index (κ3) is 4.21. The molecule has 2 aliphatic heterocycles. The van der Waals surface area contributed by atoms with Crippen LogP contribution in [0.15, 0.2) is 35.3 Å². The lowest BCUT2D eigenvalue weighted by Crippen LogP contribution is -2.46. The minimum Gasteiger partial charge on any atom is -0.379 e. The SMILES string of the molecule is CCNC(=NCC1CC1c1ccccc1)N1CCC(N2CCOCC2)C1. The van der Waals surface area contributed by atoms with Crippen LogP contribution in [0, 0.1) is 5.92 Å². The molecule has 3 unspecified atom stereocenters. The summed E-state index contributed by atoms with van der Waals surface area (Å²) in [5, 5.41) is 3.52. The van der Waals surface area contributed by atoms with Gasteiger partial charge in [0, 0.05) is 45.3 Å². The maximum absolute atomic E-state index is 5.50. The first-order chi connectivity index (χ1) is 12.8. The fraction of sp³-hybridized carbons (Fsp3) is 0.667. The van der Waals surface area contributed by atoms with E-state index in [0.717, 1.165) is 58.4 Å². The Balaban J connectivity index is 1.32. The van der Waals surface area contributed by atoms with E-state index in [0.29, 0.717) is 17.9 Å². The Bertz CT molecular complexity index is 599. The van der Waals surface area contributed by atoms with Gasteiger partial charge in [0.1, 0.15) is 0 Å². The van der Waals surface area contributed by atoms with Gasteiger partial charge in [-0.05, 0) is 37.2 Å². The van der Waals surface area contributed by atoms with Crippen LogP contribution in [0.4, 0.5) is 0 Å². The fourth-order valence-corrected chi connectivity index (χ4v) is 4.36. The quantitative estimate of drug-likeness (QED) is 0.648. The molecule has 5 nitrogen and oxygen atoms in total. The molecule has 0 bridgehead atoms. The van der Waals surface area contributed by atoms with Gasteiger partial charge in [-0.1, -0.05) is 30.3 Å². The van der Waals surface area contributed by atoms with Crippen LogP contribution in [0.2, 0.25) is 0 Å². The van der Waals surface area contributed by atoms with Gasteiger partial charge in [-0.25, -0.2) is 0 Å². The molecule has 4 rings (SSSR count). The molecule has 2 heterocycles. The van der Waals surface area contributed by atoms with E-state index < -0.39 is 0 Å². The second kappa shape index (κ2) is 8.40. The number of likely N-dealkylation sites (tertiary alicyclic amines) is 1. The van der Waals surface area contributed by atoms with Gasteiger partial charge in [-0.3, -0.25) is 9.89 Å². The van der Waals surface area contributed by atoms with Crippen molar-refractivity contribution >= 4 is 5.96 Å². The Morgan fingerprint density at radius 1 is 1.19 bits per heavy atom. The molecule has 0 aromatic heterocycles. The average Bonchev–Trinajstić information content (AvgIpc) is 3.31. The van der Waals surface area contributed by atoms with E-state index in [4.69, 9.17) is 9.73 Å². The largest absolute Gasteiger partial charge is 0.379 e. The van der Waals surface area contributed by atoms with Crippen molar-refractivity contribution in [3.8, 4) is 0 Å². The van der Waals surface area contributed by atoms with Crippen LogP contribution in [0.25, 0.3) is 0 Å². The zero-order valence-electron chi connectivity index (χ0n) is 15.9. The number of nitrogens with one attached hydrogen (secondary N) is 1. The minimum atomic E-state index is 0.653. The maximum atomic E-state index is 5.50. The van der Waals surface area contributed by atoms with E-state index in [1.807, 2.05) is 0 Å². The molecule has 1 N–H and O–H groups in total. The summed E-state index contributed by atoms with van der Waals surface area (Å²) in [6.45, 7) is 10.2. The second-order valence-electron chi connectivity index (χ2n) is 7.74. The predicted octanol–water partition coefficient (Wildman–Crippen LogP) is 2.16. The molecule has 1 aromatic rings. The van der Waals surface area contributed by atoms with Gasteiger partial charge in [0.2, 0.25) is 0 Å². The molecule has 3 fully saturated rings. The van der Waals surface area contributed by atoms with Gasteiger partial charge < -0.3 is 15.0 Å².